The normalized spacial score (nSPS) is 20.8. The van der Waals surface area contributed by atoms with Crippen LogP contribution in [0.25, 0.3) is 10.9 Å². The zero-order valence-electron chi connectivity index (χ0n) is 15.1. The van der Waals surface area contributed by atoms with Gasteiger partial charge in [0, 0.05) is 36.8 Å². The Kier molecular flexibility index (Phi) is 4.70. The number of aromatic nitrogens is 1. The maximum atomic E-state index is 12.9. The zero-order chi connectivity index (χ0) is 18.1. The van der Waals surface area contributed by atoms with E-state index in [1.807, 2.05) is 44.1 Å². The number of anilines is 1. The van der Waals surface area contributed by atoms with Gasteiger partial charge in [-0.3, -0.25) is 9.59 Å². The largest absolute Gasteiger partial charge is 0.464 e. The second kappa shape index (κ2) is 6.78. The molecule has 0 saturated heterocycles. The average Bonchev–Trinajstić information content (AvgIpc) is 2.95. The summed E-state index contributed by atoms with van der Waals surface area (Å²) in [6.45, 7) is 5.63. The van der Waals surface area contributed by atoms with E-state index < -0.39 is 0 Å². The summed E-state index contributed by atoms with van der Waals surface area (Å²) in [6.07, 6.45) is 2.58. The van der Waals surface area contributed by atoms with E-state index in [0.717, 1.165) is 22.2 Å². The quantitative estimate of drug-likeness (QED) is 0.838. The van der Waals surface area contributed by atoms with Crippen LogP contribution < -0.4 is 10.2 Å². The minimum atomic E-state index is -0.341. The minimum Gasteiger partial charge on any atom is -0.464 e. The van der Waals surface area contributed by atoms with E-state index in [1.54, 1.807) is 0 Å². The van der Waals surface area contributed by atoms with Gasteiger partial charge in [0.1, 0.15) is 12.6 Å². The number of benzene rings is 1. The molecule has 2 atom stereocenters. The first-order valence-electron chi connectivity index (χ1n) is 8.64. The second-order valence-electron chi connectivity index (χ2n) is 7.03. The molecule has 0 saturated carbocycles. The van der Waals surface area contributed by atoms with Gasteiger partial charge in [-0.25, -0.2) is 0 Å². The fourth-order valence-corrected chi connectivity index (χ4v) is 3.69. The molecule has 2 N–H and O–H groups in total. The highest BCUT2D eigenvalue weighted by atomic mass is 16.5. The van der Waals surface area contributed by atoms with Crippen LogP contribution in [0.2, 0.25) is 0 Å². The highest BCUT2D eigenvalue weighted by Crippen LogP contribution is 2.33. The second-order valence-corrected chi connectivity index (χ2v) is 7.03. The molecule has 3 rings (SSSR count). The molecule has 1 amide bonds. The summed E-state index contributed by atoms with van der Waals surface area (Å²) in [5.41, 5.74) is 3.19. The molecule has 0 spiro atoms. The Bertz CT molecular complexity index is 796. The van der Waals surface area contributed by atoms with Crippen molar-refractivity contribution in [2.75, 3.05) is 18.6 Å². The van der Waals surface area contributed by atoms with Crippen molar-refractivity contribution in [3.63, 3.8) is 0 Å². The van der Waals surface area contributed by atoms with Crippen molar-refractivity contribution in [1.82, 2.24) is 10.3 Å². The molecule has 1 aromatic carbocycles. The predicted octanol–water partition coefficient (Wildman–Crippen LogP) is 2.23. The minimum absolute atomic E-state index is 0.0409. The summed E-state index contributed by atoms with van der Waals surface area (Å²) in [5.74, 6) is -0.248. The third kappa shape index (κ3) is 3.34. The maximum Gasteiger partial charge on any atom is 0.302 e. The van der Waals surface area contributed by atoms with Crippen molar-refractivity contribution in [2.45, 2.75) is 39.3 Å². The van der Waals surface area contributed by atoms with Gasteiger partial charge in [-0.15, -0.1) is 0 Å². The number of rotatable bonds is 3. The summed E-state index contributed by atoms with van der Waals surface area (Å²) in [7, 11) is 1.96. The number of carbonyl (C=O) groups is 2. The first kappa shape index (κ1) is 17.3. The van der Waals surface area contributed by atoms with Gasteiger partial charge in [0.2, 0.25) is 5.91 Å². The number of esters is 1. The first-order chi connectivity index (χ1) is 11.9. The molecular weight excluding hydrogens is 318 g/mol. The number of hydrogen-bond acceptors (Lipinski definition) is 4. The SMILES string of the molecule is CC(=O)OC[C@H]1Cc2c[nH]c3cccc(c23)N(C)[C@H](C(C)C)C(=O)N1. The van der Waals surface area contributed by atoms with E-state index in [9.17, 15) is 9.59 Å². The monoisotopic (exact) mass is 343 g/mol. The molecule has 2 heterocycles. The lowest BCUT2D eigenvalue weighted by atomic mass is 10.0. The van der Waals surface area contributed by atoms with Crippen molar-refractivity contribution >= 4 is 28.5 Å². The first-order valence-corrected chi connectivity index (χ1v) is 8.64. The number of ether oxygens (including phenoxy) is 1. The van der Waals surface area contributed by atoms with E-state index >= 15 is 0 Å². The van der Waals surface area contributed by atoms with Crippen LogP contribution in [0.5, 0.6) is 0 Å². The molecule has 6 nitrogen and oxygen atoms in total. The lowest BCUT2D eigenvalue weighted by Crippen LogP contribution is -2.52. The number of hydrogen-bond donors (Lipinski definition) is 2. The van der Waals surface area contributed by atoms with Crippen molar-refractivity contribution < 1.29 is 14.3 Å². The molecule has 2 aromatic rings. The fourth-order valence-electron chi connectivity index (χ4n) is 3.69. The Hall–Kier alpha value is -2.50. The molecule has 1 aliphatic heterocycles. The summed E-state index contributed by atoms with van der Waals surface area (Å²) >= 11 is 0. The zero-order valence-corrected chi connectivity index (χ0v) is 15.1. The molecule has 0 aliphatic carbocycles. The van der Waals surface area contributed by atoms with E-state index in [0.29, 0.717) is 6.42 Å². The van der Waals surface area contributed by atoms with Gasteiger partial charge < -0.3 is 19.9 Å². The van der Waals surface area contributed by atoms with Crippen molar-refractivity contribution in [3.8, 4) is 0 Å². The van der Waals surface area contributed by atoms with Crippen LogP contribution >= 0.6 is 0 Å². The van der Waals surface area contributed by atoms with Crippen LogP contribution in [0, 0.1) is 5.92 Å². The van der Waals surface area contributed by atoms with E-state index in [4.69, 9.17) is 4.74 Å². The van der Waals surface area contributed by atoms with Gasteiger partial charge in [0.25, 0.3) is 0 Å². The van der Waals surface area contributed by atoms with Crippen molar-refractivity contribution in [3.05, 3.63) is 30.0 Å². The third-order valence-electron chi connectivity index (χ3n) is 4.76. The maximum absolute atomic E-state index is 12.9. The molecule has 0 unspecified atom stereocenters. The van der Waals surface area contributed by atoms with E-state index in [1.165, 1.54) is 6.92 Å². The molecule has 6 heteroatoms. The highest BCUT2D eigenvalue weighted by Gasteiger charge is 2.32. The summed E-state index contributed by atoms with van der Waals surface area (Å²) < 4.78 is 5.17. The van der Waals surface area contributed by atoms with Crippen LogP contribution in [-0.4, -0.2) is 42.6 Å². The number of aromatic amines is 1. The van der Waals surface area contributed by atoms with Crippen LogP contribution in [0.3, 0.4) is 0 Å². The third-order valence-corrected chi connectivity index (χ3v) is 4.76. The Labute approximate surface area is 147 Å². The Balaban J connectivity index is 2.09. The Morgan fingerprint density at radius 3 is 2.84 bits per heavy atom. The Morgan fingerprint density at radius 2 is 2.16 bits per heavy atom. The van der Waals surface area contributed by atoms with E-state index in [-0.39, 0.29) is 36.5 Å². The predicted molar refractivity (Wildman–Crippen MR) is 97.6 cm³/mol. The van der Waals surface area contributed by atoms with Crippen LogP contribution in [-0.2, 0) is 20.7 Å². The van der Waals surface area contributed by atoms with Gasteiger partial charge >= 0.3 is 5.97 Å². The standard InChI is InChI=1S/C19H25N3O3/c1-11(2)18-19(24)21-14(10-25-12(3)23)8-13-9-20-15-6-5-7-16(17(13)15)22(18)4/h5-7,9,11,14,18,20H,8,10H2,1-4H3,(H,21,24)/t14-,18-/m1/s1. The Morgan fingerprint density at radius 1 is 1.40 bits per heavy atom. The number of carbonyl (C=O) groups excluding carboxylic acids is 2. The highest BCUT2D eigenvalue weighted by molar-refractivity contribution is 5.98. The molecule has 134 valence electrons. The van der Waals surface area contributed by atoms with Gasteiger partial charge in [-0.05, 0) is 30.0 Å². The van der Waals surface area contributed by atoms with Gasteiger partial charge in [0.05, 0.1) is 6.04 Å². The number of amides is 1. The molecule has 1 aliphatic rings. The van der Waals surface area contributed by atoms with Crippen molar-refractivity contribution in [1.29, 1.82) is 0 Å². The van der Waals surface area contributed by atoms with Crippen molar-refractivity contribution in [2.24, 2.45) is 5.92 Å². The molecule has 0 radical (unpaired) electrons. The summed E-state index contributed by atoms with van der Waals surface area (Å²) in [4.78, 5) is 29.5. The van der Waals surface area contributed by atoms with Gasteiger partial charge in [-0.2, -0.15) is 0 Å². The van der Waals surface area contributed by atoms with Crippen LogP contribution in [0.15, 0.2) is 24.4 Å². The molecule has 0 bridgehead atoms. The van der Waals surface area contributed by atoms with E-state index in [2.05, 4.69) is 16.4 Å². The topological polar surface area (TPSA) is 74.4 Å². The van der Waals surface area contributed by atoms with Crippen LogP contribution in [0.1, 0.15) is 26.3 Å². The smallest absolute Gasteiger partial charge is 0.302 e. The summed E-state index contributed by atoms with van der Waals surface area (Å²) in [6, 6.07) is 5.53. The summed E-state index contributed by atoms with van der Waals surface area (Å²) in [5, 5.41) is 4.20. The molecular formula is C19H25N3O3. The number of nitrogens with zero attached hydrogens (tertiary/aromatic N) is 1. The van der Waals surface area contributed by atoms with Gasteiger partial charge in [0.15, 0.2) is 0 Å². The average molecular weight is 343 g/mol. The van der Waals surface area contributed by atoms with Crippen LogP contribution in [0.4, 0.5) is 5.69 Å². The fraction of sp³-hybridized carbons (Fsp3) is 0.474. The lowest BCUT2D eigenvalue weighted by Gasteiger charge is -2.32. The lowest BCUT2D eigenvalue weighted by molar-refractivity contribution is -0.142. The molecule has 1 aromatic heterocycles. The molecule has 25 heavy (non-hydrogen) atoms. The number of likely N-dealkylation sites (N-methyl/N-ethyl adjacent to an activating group) is 1. The number of H-pyrrole nitrogens is 1. The molecule has 0 fully saturated rings. The number of nitrogens with one attached hydrogen (secondary N) is 2. The van der Waals surface area contributed by atoms with Gasteiger partial charge in [-0.1, -0.05) is 19.9 Å².